The van der Waals surface area contributed by atoms with Gasteiger partial charge in [-0.1, -0.05) is 24.3 Å². The fourth-order valence-electron chi connectivity index (χ4n) is 3.75. The van der Waals surface area contributed by atoms with E-state index in [2.05, 4.69) is 17.4 Å². The van der Waals surface area contributed by atoms with E-state index in [0.29, 0.717) is 27.8 Å². The maximum absolute atomic E-state index is 12.9. The zero-order valence-corrected chi connectivity index (χ0v) is 22.5. The van der Waals surface area contributed by atoms with E-state index in [1.807, 2.05) is 0 Å². The van der Waals surface area contributed by atoms with E-state index in [1.54, 1.807) is 55.6 Å². The van der Waals surface area contributed by atoms with Gasteiger partial charge in [0.05, 0.1) is 26.8 Å². The number of amides is 2. The number of carbonyl (C=O) groups excluding carboxylic acids is 2. The van der Waals surface area contributed by atoms with Crippen molar-refractivity contribution in [2.75, 3.05) is 34.4 Å². The zero-order valence-electron chi connectivity index (χ0n) is 20.8. The number of thiol groups is 1. The van der Waals surface area contributed by atoms with Crippen LogP contribution >= 0.6 is 12.6 Å². The maximum atomic E-state index is 12.9. The number of carbonyl (C=O) groups is 2. The third kappa shape index (κ3) is 7.66. The van der Waals surface area contributed by atoms with E-state index >= 15 is 0 Å². The van der Waals surface area contributed by atoms with Gasteiger partial charge in [-0.15, -0.1) is 0 Å². The molecule has 202 valence electrons. The number of likely N-dealkylation sites (tertiary alicyclic amines) is 1. The SMILES string of the molecule is CNS(=O)(=O)N(C[C@@H]1C[C@H](S)CN1C(=O)OCc1ccc(OC)cc1)C(=O)OCc1ccc(OC)cc1. The summed E-state index contributed by atoms with van der Waals surface area (Å²) < 4.78 is 49.0. The smallest absolute Gasteiger partial charge is 0.424 e. The molecule has 0 saturated carbocycles. The standard InChI is InChI=1S/C24H31N3O8S2/c1-25-37(30,31)27(24(29)35-16-18-6-10-21(33-3)11-7-18)13-19-12-22(36)14-26(19)23(28)34-15-17-4-8-20(32-2)9-5-17/h4-11,19,22,25,36H,12-16H2,1-3H3/t19-,22-/m0/s1. The molecule has 1 N–H and O–H groups in total. The number of benzene rings is 2. The van der Waals surface area contributed by atoms with E-state index in [0.717, 1.165) is 5.56 Å². The van der Waals surface area contributed by atoms with Crippen LogP contribution in [-0.2, 0) is 32.9 Å². The topological polar surface area (TPSA) is 124 Å². The van der Waals surface area contributed by atoms with Crippen LogP contribution < -0.4 is 14.2 Å². The predicted octanol–water partition coefficient (Wildman–Crippen LogP) is 2.82. The molecule has 2 aromatic carbocycles. The highest BCUT2D eigenvalue weighted by Crippen LogP contribution is 2.25. The molecule has 1 fully saturated rings. The van der Waals surface area contributed by atoms with E-state index in [9.17, 15) is 18.0 Å². The second kappa shape index (κ2) is 12.9. The van der Waals surface area contributed by atoms with Crippen LogP contribution in [0.15, 0.2) is 48.5 Å². The fraction of sp³-hybridized carbons (Fsp3) is 0.417. The molecule has 13 heteroatoms. The Labute approximate surface area is 222 Å². The Bertz CT molecular complexity index is 1160. The summed E-state index contributed by atoms with van der Waals surface area (Å²) in [6, 6.07) is 13.2. The molecule has 1 aliphatic heterocycles. The Morgan fingerprint density at radius 2 is 1.49 bits per heavy atom. The fourth-order valence-corrected chi connectivity index (χ4v) is 5.01. The monoisotopic (exact) mass is 553 g/mol. The lowest BCUT2D eigenvalue weighted by atomic mass is 10.2. The highest BCUT2D eigenvalue weighted by Gasteiger charge is 2.40. The minimum Gasteiger partial charge on any atom is -0.497 e. The summed E-state index contributed by atoms with van der Waals surface area (Å²) in [7, 11) is 0.0653. The Hall–Kier alpha value is -3.16. The number of hydrogen-bond acceptors (Lipinski definition) is 9. The zero-order chi connectivity index (χ0) is 27.0. The minimum atomic E-state index is -4.22. The quantitative estimate of drug-likeness (QED) is 0.431. The molecule has 37 heavy (non-hydrogen) atoms. The Kier molecular flexibility index (Phi) is 9.89. The van der Waals surface area contributed by atoms with Crippen LogP contribution in [0.25, 0.3) is 0 Å². The third-order valence-electron chi connectivity index (χ3n) is 5.80. The lowest BCUT2D eigenvalue weighted by Gasteiger charge is -2.29. The van der Waals surface area contributed by atoms with Crippen molar-refractivity contribution in [2.24, 2.45) is 0 Å². The van der Waals surface area contributed by atoms with Gasteiger partial charge in [0.2, 0.25) is 0 Å². The van der Waals surface area contributed by atoms with Crippen molar-refractivity contribution < 1.29 is 37.0 Å². The van der Waals surface area contributed by atoms with Crippen LogP contribution in [-0.4, -0.2) is 75.5 Å². The molecule has 2 amide bonds. The van der Waals surface area contributed by atoms with Gasteiger partial charge in [0.15, 0.2) is 0 Å². The number of methoxy groups -OCH3 is 2. The van der Waals surface area contributed by atoms with Gasteiger partial charge in [-0.05, 0) is 41.8 Å². The summed E-state index contributed by atoms with van der Waals surface area (Å²) in [5, 5.41) is -0.215. The summed E-state index contributed by atoms with van der Waals surface area (Å²) in [5.41, 5.74) is 1.41. The van der Waals surface area contributed by atoms with Gasteiger partial charge >= 0.3 is 22.4 Å². The van der Waals surface area contributed by atoms with Crippen LogP contribution in [0.5, 0.6) is 11.5 Å². The molecule has 0 aliphatic carbocycles. The van der Waals surface area contributed by atoms with Crippen LogP contribution in [0.2, 0.25) is 0 Å². The minimum absolute atomic E-state index is 0.0196. The molecule has 0 radical (unpaired) electrons. The van der Waals surface area contributed by atoms with Crippen molar-refractivity contribution in [3.8, 4) is 11.5 Å². The van der Waals surface area contributed by atoms with Gasteiger partial charge in [0, 0.05) is 18.8 Å². The first kappa shape index (κ1) is 28.4. The molecule has 3 rings (SSSR count). The van der Waals surface area contributed by atoms with Gasteiger partial charge in [0.25, 0.3) is 0 Å². The van der Waals surface area contributed by atoms with Gasteiger partial charge in [0.1, 0.15) is 24.7 Å². The van der Waals surface area contributed by atoms with Crippen molar-refractivity contribution in [3.05, 3.63) is 59.7 Å². The first-order valence-corrected chi connectivity index (χ1v) is 13.4. The molecular weight excluding hydrogens is 522 g/mol. The molecule has 1 heterocycles. The Balaban J connectivity index is 1.66. The van der Waals surface area contributed by atoms with Gasteiger partial charge in [-0.3, -0.25) is 0 Å². The molecule has 2 atom stereocenters. The lowest BCUT2D eigenvalue weighted by molar-refractivity contribution is 0.0832. The predicted molar refractivity (Wildman–Crippen MR) is 139 cm³/mol. The molecule has 0 unspecified atom stereocenters. The second-order valence-electron chi connectivity index (χ2n) is 8.24. The molecule has 1 saturated heterocycles. The summed E-state index contributed by atoms with van der Waals surface area (Å²) in [4.78, 5) is 27.1. The molecule has 0 bridgehead atoms. The molecule has 0 aromatic heterocycles. The van der Waals surface area contributed by atoms with Crippen LogP contribution in [0, 0.1) is 0 Å². The van der Waals surface area contributed by atoms with E-state index in [-0.39, 0.29) is 31.6 Å². The van der Waals surface area contributed by atoms with Gasteiger partial charge < -0.3 is 23.8 Å². The molecule has 11 nitrogen and oxygen atoms in total. The molecular formula is C24H31N3O8S2. The average molecular weight is 554 g/mol. The summed E-state index contributed by atoms with van der Waals surface area (Å²) in [6.07, 6.45) is -1.34. The summed E-state index contributed by atoms with van der Waals surface area (Å²) >= 11 is 4.47. The van der Waals surface area contributed by atoms with Crippen molar-refractivity contribution in [2.45, 2.75) is 30.9 Å². The third-order valence-corrected chi connectivity index (χ3v) is 7.57. The number of nitrogens with one attached hydrogen (secondary N) is 1. The Morgan fingerprint density at radius 1 is 0.973 bits per heavy atom. The number of hydrogen-bond donors (Lipinski definition) is 2. The summed E-state index contributed by atoms with van der Waals surface area (Å²) in [5.74, 6) is 1.31. The number of ether oxygens (including phenoxy) is 4. The molecule has 1 aliphatic rings. The summed E-state index contributed by atoms with van der Waals surface area (Å²) in [6.45, 7) is -0.208. The number of nitrogens with zero attached hydrogens (tertiary/aromatic N) is 2. The molecule has 2 aromatic rings. The highest BCUT2D eigenvalue weighted by molar-refractivity contribution is 7.87. The normalized spacial score (nSPS) is 17.2. The van der Waals surface area contributed by atoms with E-state index in [4.69, 9.17) is 18.9 Å². The number of rotatable bonds is 10. The van der Waals surface area contributed by atoms with Crippen molar-refractivity contribution >= 4 is 35.0 Å². The van der Waals surface area contributed by atoms with E-state index < -0.39 is 28.4 Å². The average Bonchev–Trinajstić information content (AvgIpc) is 3.29. The van der Waals surface area contributed by atoms with Crippen LogP contribution in [0.1, 0.15) is 17.5 Å². The van der Waals surface area contributed by atoms with Crippen LogP contribution in [0.4, 0.5) is 9.59 Å². The first-order chi connectivity index (χ1) is 17.7. The Morgan fingerprint density at radius 3 is 1.97 bits per heavy atom. The largest absolute Gasteiger partial charge is 0.497 e. The van der Waals surface area contributed by atoms with Crippen molar-refractivity contribution in [1.29, 1.82) is 0 Å². The van der Waals surface area contributed by atoms with Crippen molar-refractivity contribution in [3.63, 3.8) is 0 Å². The molecule has 0 spiro atoms. The van der Waals surface area contributed by atoms with Gasteiger partial charge in [-0.25, -0.2) is 14.3 Å². The van der Waals surface area contributed by atoms with E-state index in [1.165, 1.54) is 19.1 Å². The van der Waals surface area contributed by atoms with Crippen molar-refractivity contribution in [1.82, 2.24) is 13.9 Å². The highest BCUT2D eigenvalue weighted by atomic mass is 32.2. The van der Waals surface area contributed by atoms with Crippen LogP contribution in [0.3, 0.4) is 0 Å². The lowest BCUT2D eigenvalue weighted by Crippen LogP contribution is -2.50. The maximum Gasteiger partial charge on any atom is 0.424 e. The first-order valence-electron chi connectivity index (χ1n) is 11.4. The van der Waals surface area contributed by atoms with Gasteiger partial charge in [-0.2, -0.15) is 25.4 Å². The second-order valence-corrected chi connectivity index (χ2v) is 10.8.